The van der Waals surface area contributed by atoms with E-state index in [2.05, 4.69) is 34.0 Å². The number of nitrogens with one attached hydrogen (secondary N) is 1. The maximum absolute atomic E-state index is 13.7. The van der Waals surface area contributed by atoms with Crippen molar-refractivity contribution in [3.63, 3.8) is 0 Å². The molecule has 0 unspecified atom stereocenters. The van der Waals surface area contributed by atoms with Gasteiger partial charge in [-0.1, -0.05) is 54.1 Å². The molecule has 1 N–H and O–H groups in total. The SMILES string of the molecule is CCOc1cc([C@@H]2C(C(=O)OC)=C(C)NC3=C2C(=O)c2ccccc23)cc(I)c1OCc1cccc(C)c1. The van der Waals surface area contributed by atoms with Crippen LogP contribution in [-0.4, -0.2) is 25.5 Å². The van der Waals surface area contributed by atoms with Crippen LogP contribution in [0.1, 0.15) is 52.4 Å². The Balaban J connectivity index is 1.62. The van der Waals surface area contributed by atoms with Crippen LogP contribution in [0.5, 0.6) is 11.5 Å². The lowest BCUT2D eigenvalue weighted by Crippen LogP contribution is -2.29. The summed E-state index contributed by atoms with van der Waals surface area (Å²) in [7, 11) is 1.35. The molecule has 7 heteroatoms. The van der Waals surface area contributed by atoms with Crippen LogP contribution >= 0.6 is 22.6 Å². The summed E-state index contributed by atoms with van der Waals surface area (Å²) < 4.78 is 18.3. The minimum Gasteiger partial charge on any atom is -0.490 e. The van der Waals surface area contributed by atoms with E-state index in [1.807, 2.05) is 75.4 Å². The fourth-order valence-electron chi connectivity index (χ4n) is 5.16. The van der Waals surface area contributed by atoms with Gasteiger partial charge in [0.1, 0.15) is 6.61 Å². The van der Waals surface area contributed by atoms with Gasteiger partial charge in [0.15, 0.2) is 17.3 Å². The summed E-state index contributed by atoms with van der Waals surface area (Å²) in [5.41, 5.74) is 6.74. The number of dihydropyridines is 1. The van der Waals surface area contributed by atoms with E-state index in [9.17, 15) is 9.59 Å². The lowest BCUT2D eigenvalue weighted by Gasteiger charge is -2.29. The molecular formula is C31H28INO5. The number of aryl methyl sites for hydroxylation is 1. The predicted octanol–water partition coefficient (Wildman–Crippen LogP) is 6.32. The molecule has 3 aromatic carbocycles. The first-order valence-electron chi connectivity index (χ1n) is 12.4. The highest BCUT2D eigenvalue weighted by atomic mass is 127. The molecule has 0 saturated heterocycles. The van der Waals surface area contributed by atoms with Gasteiger partial charge in [0.05, 0.1) is 28.6 Å². The van der Waals surface area contributed by atoms with E-state index in [1.54, 1.807) is 0 Å². The molecule has 0 bridgehead atoms. The third kappa shape index (κ3) is 4.60. The average Bonchev–Trinajstić information content (AvgIpc) is 3.18. The second kappa shape index (κ2) is 10.6. The van der Waals surface area contributed by atoms with Gasteiger partial charge >= 0.3 is 5.97 Å². The van der Waals surface area contributed by atoms with E-state index in [0.717, 1.165) is 31.5 Å². The highest BCUT2D eigenvalue weighted by Gasteiger charge is 2.43. The third-order valence-electron chi connectivity index (χ3n) is 6.78. The number of esters is 1. The van der Waals surface area contributed by atoms with E-state index >= 15 is 0 Å². The number of ether oxygens (including phenoxy) is 3. The van der Waals surface area contributed by atoms with E-state index in [-0.39, 0.29) is 5.78 Å². The van der Waals surface area contributed by atoms with Crippen LogP contribution in [0.3, 0.4) is 0 Å². The number of carbonyl (C=O) groups is 2. The summed E-state index contributed by atoms with van der Waals surface area (Å²) in [4.78, 5) is 26.8. The summed E-state index contributed by atoms with van der Waals surface area (Å²) in [6.45, 7) is 6.62. The van der Waals surface area contributed by atoms with Crippen molar-refractivity contribution in [3.05, 3.63) is 109 Å². The van der Waals surface area contributed by atoms with Crippen molar-refractivity contribution in [3.8, 4) is 11.5 Å². The van der Waals surface area contributed by atoms with E-state index < -0.39 is 11.9 Å². The molecule has 1 aliphatic carbocycles. The standard InChI is InChI=1S/C31H28INO5/c1-5-37-24-15-20(14-23(32)30(24)38-16-19-10-8-9-17(2)13-19)26-25(31(35)36-4)18(3)33-28-21-11-6-7-12-22(21)29(34)27(26)28/h6-15,26,33H,5,16H2,1-4H3/t26-/m1/s1. The van der Waals surface area contributed by atoms with Gasteiger partial charge in [-0.25, -0.2) is 4.79 Å². The molecule has 0 radical (unpaired) electrons. The Kier molecular flexibility index (Phi) is 7.29. The van der Waals surface area contributed by atoms with Crippen LogP contribution in [0.4, 0.5) is 0 Å². The molecule has 1 heterocycles. The smallest absolute Gasteiger partial charge is 0.336 e. The first-order chi connectivity index (χ1) is 18.3. The molecule has 0 fully saturated rings. The number of ketones is 1. The normalized spacial score (nSPS) is 16.1. The summed E-state index contributed by atoms with van der Waals surface area (Å²) in [6.07, 6.45) is 0. The largest absolute Gasteiger partial charge is 0.490 e. The van der Waals surface area contributed by atoms with Crippen molar-refractivity contribution in [1.82, 2.24) is 5.32 Å². The molecule has 1 atom stereocenters. The van der Waals surface area contributed by atoms with Gasteiger partial charge in [-0.2, -0.15) is 0 Å². The molecule has 0 spiro atoms. The van der Waals surface area contributed by atoms with Gasteiger partial charge in [-0.15, -0.1) is 0 Å². The summed E-state index contributed by atoms with van der Waals surface area (Å²) in [5, 5.41) is 3.32. The first-order valence-corrected chi connectivity index (χ1v) is 13.5. The maximum atomic E-state index is 13.7. The molecule has 194 valence electrons. The number of benzene rings is 3. The molecule has 5 rings (SSSR count). The predicted molar refractivity (Wildman–Crippen MR) is 154 cm³/mol. The van der Waals surface area contributed by atoms with E-state index in [1.165, 1.54) is 7.11 Å². The Morgan fingerprint density at radius 1 is 1.00 bits per heavy atom. The number of rotatable bonds is 7. The number of fused-ring (bicyclic) bond motifs is 2. The number of halogens is 1. The first kappa shape index (κ1) is 26.0. The Bertz CT molecular complexity index is 1520. The van der Waals surface area contributed by atoms with Gasteiger partial charge in [0, 0.05) is 28.3 Å². The number of Topliss-reactive ketones (excluding diaryl/α,β-unsaturated/α-hetero) is 1. The molecule has 1 aliphatic heterocycles. The summed E-state index contributed by atoms with van der Waals surface area (Å²) in [6, 6.07) is 19.5. The molecule has 0 amide bonds. The highest BCUT2D eigenvalue weighted by Crippen LogP contribution is 2.48. The van der Waals surface area contributed by atoms with Crippen LogP contribution in [0.2, 0.25) is 0 Å². The van der Waals surface area contributed by atoms with Crippen LogP contribution in [0, 0.1) is 10.5 Å². The van der Waals surface area contributed by atoms with Gasteiger partial charge in [-0.3, -0.25) is 4.79 Å². The fraction of sp³-hybridized carbons (Fsp3) is 0.226. The zero-order valence-corrected chi connectivity index (χ0v) is 23.8. The van der Waals surface area contributed by atoms with Crippen molar-refractivity contribution in [2.45, 2.75) is 33.3 Å². The summed E-state index contributed by atoms with van der Waals surface area (Å²) >= 11 is 2.23. The zero-order valence-electron chi connectivity index (χ0n) is 21.7. The van der Waals surface area contributed by atoms with E-state index in [0.29, 0.717) is 47.1 Å². The highest BCUT2D eigenvalue weighted by molar-refractivity contribution is 14.1. The topological polar surface area (TPSA) is 73.9 Å². The van der Waals surface area contributed by atoms with Gasteiger partial charge in [0.2, 0.25) is 0 Å². The second-order valence-electron chi connectivity index (χ2n) is 9.29. The second-order valence-corrected chi connectivity index (χ2v) is 10.5. The van der Waals surface area contributed by atoms with Crippen LogP contribution in [0.25, 0.3) is 5.70 Å². The molecule has 6 nitrogen and oxygen atoms in total. The average molecular weight is 621 g/mol. The third-order valence-corrected chi connectivity index (χ3v) is 7.59. The van der Waals surface area contributed by atoms with Crippen molar-refractivity contribution >= 4 is 40.0 Å². The van der Waals surface area contributed by atoms with Crippen LogP contribution < -0.4 is 14.8 Å². The number of methoxy groups -OCH3 is 1. The van der Waals surface area contributed by atoms with Crippen molar-refractivity contribution < 1.29 is 23.8 Å². The quantitative estimate of drug-likeness (QED) is 0.246. The molecule has 3 aromatic rings. The number of carbonyl (C=O) groups excluding carboxylic acids is 2. The van der Waals surface area contributed by atoms with Crippen LogP contribution in [-0.2, 0) is 16.1 Å². The van der Waals surface area contributed by atoms with Crippen molar-refractivity contribution in [2.24, 2.45) is 0 Å². The number of allylic oxidation sites excluding steroid dienone is 2. The van der Waals surface area contributed by atoms with E-state index in [4.69, 9.17) is 14.2 Å². The Morgan fingerprint density at radius 2 is 1.76 bits per heavy atom. The Hall–Kier alpha value is -3.59. The molecule has 0 aromatic heterocycles. The summed E-state index contributed by atoms with van der Waals surface area (Å²) in [5.74, 6) is -0.0234. The van der Waals surface area contributed by atoms with Crippen molar-refractivity contribution in [1.29, 1.82) is 0 Å². The number of hydrogen-bond donors (Lipinski definition) is 1. The maximum Gasteiger partial charge on any atom is 0.336 e. The van der Waals surface area contributed by atoms with Crippen LogP contribution in [0.15, 0.2) is 77.5 Å². The molecule has 2 aliphatic rings. The lowest BCUT2D eigenvalue weighted by atomic mass is 9.79. The van der Waals surface area contributed by atoms with Gasteiger partial charge in [-0.05, 0) is 66.6 Å². The zero-order chi connectivity index (χ0) is 27.0. The fourth-order valence-corrected chi connectivity index (χ4v) is 5.94. The van der Waals surface area contributed by atoms with Gasteiger partial charge in [0.25, 0.3) is 0 Å². The van der Waals surface area contributed by atoms with Crippen molar-refractivity contribution in [2.75, 3.05) is 13.7 Å². The Morgan fingerprint density at radius 3 is 2.47 bits per heavy atom. The molecule has 38 heavy (non-hydrogen) atoms. The Labute approximate surface area is 235 Å². The lowest BCUT2D eigenvalue weighted by molar-refractivity contribution is -0.136. The molecular weight excluding hydrogens is 593 g/mol. The minimum atomic E-state index is -0.628. The monoisotopic (exact) mass is 621 g/mol. The number of hydrogen-bond acceptors (Lipinski definition) is 6. The van der Waals surface area contributed by atoms with Gasteiger partial charge < -0.3 is 19.5 Å². The minimum absolute atomic E-state index is 0.102. The molecule has 0 saturated carbocycles.